The SMILES string of the molecule is O=C(c1cccc(Sc2nnc[nH]2)n1)N(Sc1ccc(OCCO)cc1)c1ccon1. The molecule has 0 spiro atoms. The number of hydrogen-bond donors (Lipinski definition) is 2. The third-order valence-electron chi connectivity index (χ3n) is 3.74. The predicted octanol–water partition coefficient (Wildman–Crippen LogP) is 3.06. The number of rotatable bonds is 9. The summed E-state index contributed by atoms with van der Waals surface area (Å²) in [7, 11) is 0. The van der Waals surface area contributed by atoms with Crippen LogP contribution >= 0.6 is 23.7 Å². The van der Waals surface area contributed by atoms with E-state index in [1.54, 1.807) is 48.5 Å². The van der Waals surface area contributed by atoms with Crippen molar-refractivity contribution in [2.24, 2.45) is 0 Å². The number of aromatic amines is 1. The van der Waals surface area contributed by atoms with Crippen molar-refractivity contribution in [1.82, 2.24) is 25.3 Å². The molecule has 0 atom stereocenters. The number of ether oxygens (including phenoxy) is 1. The fourth-order valence-corrected chi connectivity index (χ4v) is 3.93. The molecular weight excluding hydrogens is 440 g/mol. The van der Waals surface area contributed by atoms with Gasteiger partial charge in [-0.1, -0.05) is 11.2 Å². The average Bonchev–Trinajstić information content (AvgIpc) is 3.51. The Bertz CT molecular complexity index is 1110. The summed E-state index contributed by atoms with van der Waals surface area (Å²) in [5.74, 6) is 0.599. The Hall–Kier alpha value is -3.35. The van der Waals surface area contributed by atoms with Crippen LogP contribution in [0, 0.1) is 0 Å². The second-order valence-corrected chi connectivity index (χ2v) is 7.88. The van der Waals surface area contributed by atoms with Gasteiger partial charge in [-0.15, -0.1) is 10.2 Å². The van der Waals surface area contributed by atoms with Crippen molar-refractivity contribution in [3.05, 3.63) is 66.8 Å². The lowest BCUT2D eigenvalue weighted by Gasteiger charge is -2.18. The fraction of sp³-hybridized carbons (Fsp3) is 0.105. The lowest BCUT2D eigenvalue weighted by molar-refractivity contribution is 0.100. The Morgan fingerprint density at radius 1 is 1.19 bits per heavy atom. The molecule has 0 saturated carbocycles. The number of H-pyrrole nitrogens is 1. The number of hydrogen-bond acceptors (Lipinski definition) is 10. The molecule has 1 amide bonds. The Morgan fingerprint density at radius 3 is 2.77 bits per heavy atom. The van der Waals surface area contributed by atoms with E-state index in [4.69, 9.17) is 14.4 Å². The van der Waals surface area contributed by atoms with E-state index in [2.05, 4.69) is 25.3 Å². The maximum atomic E-state index is 13.3. The summed E-state index contributed by atoms with van der Waals surface area (Å²) in [5.41, 5.74) is 0.239. The minimum atomic E-state index is -0.362. The van der Waals surface area contributed by atoms with Crippen molar-refractivity contribution >= 4 is 35.4 Å². The molecule has 1 aromatic carbocycles. The first kappa shape index (κ1) is 20.9. The van der Waals surface area contributed by atoms with Gasteiger partial charge in [0.05, 0.1) is 6.61 Å². The van der Waals surface area contributed by atoms with Gasteiger partial charge >= 0.3 is 0 Å². The van der Waals surface area contributed by atoms with Crippen molar-refractivity contribution in [3.63, 3.8) is 0 Å². The number of nitrogens with one attached hydrogen (secondary N) is 1. The molecule has 0 aliphatic rings. The van der Waals surface area contributed by atoms with Gasteiger partial charge < -0.3 is 19.4 Å². The Labute approximate surface area is 185 Å². The summed E-state index contributed by atoms with van der Waals surface area (Å²) in [4.78, 5) is 21.4. The van der Waals surface area contributed by atoms with Crippen LogP contribution in [0.3, 0.4) is 0 Å². The molecule has 10 nitrogen and oxygen atoms in total. The first-order chi connectivity index (χ1) is 15.2. The normalized spacial score (nSPS) is 10.7. The number of benzene rings is 1. The van der Waals surface area contributed by atoms with Gasteiger partial charge in [0.25, 0.3) is 5.91 Å². The Balaban J connectivity index is 1.55. The van der Waals surface area contributed by atoms with Gasteiger partial charge in [-0.3, -0.25) is 4.79 Å². The standard InChI is InChI=1S/C19H16N6O4S2/c26-9-11-28-13-4-6-14(7-5-13)31-25(16-8-10-29-24-16)18(27)15-2-1-3-17(22-15)30-19-20-12-21-23-19/h1-8,10,12,26H,9,11H2,(H,20,21,23). The van der Waals surface area contributed by atoms with Gasteiger partial charge in [-0.05, 0) is 60.1 Å². The molecule has 4 aromatic rings. The molecule has 0 saturated heterocycles. The molecule has 12 heteroatoms. The summed E-state index contributed by atoms with van der Waals surface area (Å²) in [6.07, 6.45) is 2.87. The molecule has 31 heavy (non-hydrogen) atoms. The first-order valence-electron chi connectivity index (χ1n) is 9.00. The van der Waals surface area contributed by atoms with Crippen molar-refractivity contribution in [3.8, 4) is 5.75 Å². The van der Waals surface area contributed by atoms with Crippen LogP contribution in [0.1, 0.15) is 10.5 Å². The summed E-state index contributed by atoms with van der Waals surface area (Å²) in [6, 6.07) is 13.9. The lowest BCUT2D eigenvalue weighted by atomic mass is 10.3. The predicted molar refractivity (Wildman–Crippen MR) is 113 cm³/mol. The molecule has 3 heterocycles. The topological polar surface area (TPSA) is 130 Å². The number of carbonyl (C=O) groups is 1. The summed E-state index contributed by atoms with van der Waals surface area (Å²) >= 11 is 2.44. The van der Waals surface area contributed by atoms with E-state index in [1.165, 1.54) is 40.6 Å². The monoisotopic (exact) mass is 456 g/mol. The number of aromatic nitrogens is 5. The van der Waals surface area contributed by atoms with E-state index in [0.717, 1.165) is 4.90 Å². The zero-order chi connectivity index (χ0) is 21.5. The van der Waals surface area contributed by atoms with Gasteiger partial charge in [0.15, 0.2) is 11.0 Å². The highest BCUT2D eigenvalue weighted by atomic mass is 32.2. The third-order valence-corrected chi connectivity index (χ3v) is 5.58. The molecule has 3 aromatic heterocycles. The summed E-state index contributed by atoms with van der Waals surface area (Å²) in [6.45, 7) is 0.149. The molecular formula is C19H16N6O4S2. The lowest BCUT2D eigenvalue weighted by Crippen LogP contribution is -2.25. The van der Waals surface area contributed by atoms with Crippen molar-refractivity contribution in [2.75, 3.05) is 17.5 Å². The van der Waals surface area contributed by atoms with Crippen LogP contribution in [0.4, 0.5) is 5.82 Å². The largest absolute Gasteiger partial charge is 0.491 e. The van der Waals surface area contributed by atoms with Gasteiger partial charge in [-0.2, -0.15) is 0 Å². The van der Waals surface area contributed by atoms with E-state index in [0.29, 0.717) is 21.7 Å². The molecule has 158 valence electrons. The first-order valence-corrected chi connectivity index (χ1v) is 10.6. The Kier molecular flexibility index (Phi) is 6.82. The average molecular weight is 457 g/mol. The second-order valence-electron chi connectivity index (χ2n) is 5.85. The number of anilines is 1. The van der Waals surface area contributed by atoms with Crippen molar-refractivity contribution < 1.29 is 19.2 Å². The van der Waals surface area contributed by atoms with E-state index in [-0.39, 0.29) is 24.8 Å². The van der Waals surface area contributed by atoms with Crippen LogP contribution in [-0.2, 0) is 0 Å². The highest BCUT2D eigenvalue weighted by Gasteiger charge is 2.23. The molecule has 0 unspecified atom stereocenters. The second kappa shape index (κ2) is 10.1. The number of amides is 1. The summed E-state index contributed by atoms with van der Waals surface area (Å²) < 4.78 is 11.7. The molecule has 4 rings (SSSR count). The van der Waals surface area contributed by atoms with Crippen LogP contribution < -0.4 is 9.04 Å². The highest BCUT2D eigenvalue weighted by Crippen LogP contribution is 2.31. The molecule has 0 bridgehead atoms. The molecule has 0 fully saturated rings. The molecule has 2 N–H and O–H groups in total. The highest BCUT2D eigenvalue weighted by molar-refractivity contribution is 8.01. The maximum absolute atomic E-state index is 13.3. The van der Waals surface area contributed by atoms with Gasteiger partial charge in [-0.25, -0.2) is 9.29 Å². The van der Waals surface area contributed by atoms with Crippen LogP contribution in [0.15, 0.2) is 80.7 Å². The Morgan fingerprint density at radius 2 is 2.06 bits per heavy atom. The van der Waals surface area contributed by atoms with Crippen LogP contribution in [0.2, 0.25) is 0 Å². The van der Waals surface area contributed by atoms with Crippen LogP contribution in [-0.4, -0.2) is 49.5 Å². The third kappa shape index (κ3) is 5.42. The van der Waals surface area contributed by atoms with Crippen molar-refractivity contribution in [2.45, 2.75) is 15.1 Å². The number of aliphatic hydroxyl groups excluding tert-OH is 1. The van der Waals surface area contributed by atoms with E-state index in [9.17, 15) is 4.79 Å². The quantitative estimate of drug-likeness (QED) is 0.362. The smallest absolute Gasteiger partial charge is 0.288 e. The number of carbonyl (C=O) groups excluding carboxylic acids is 1. The van der Waals surface area contributed by atoms with E-state index >= 15 is 0 Å². The molecule has 0 aliphatic heterocycles. The maximum Gasteiger partial charge on any atom is 0.288 e. The molecule has 0 aliphatic carbocycles. The number of aliphatic hydroxyl groups is 1. The fourth-order valence-electron chi connectivity index (χ4n) is 2.41. The van der Waals surface area contributed by atoms with Crippen LogP contribution in [0.25, 0.3) is 0 Å². The van der Waals surface area contributed by atoms with E-state index < -0.39 is 0 Å². The number of pyridine rings is 1. The minimum Gasteiger partial charge on any atom is -0.491 e. The zero-order valence-corrected chi connectivity index (χ0v) is 17.5. The van der Waals surface area contributed by atoms with Gasteiger partial charge in [0.1, 0.15) is 35.7 Å². The van der Waals surface area contributed by atoms with Gasteiger partial charge in [0, 0.05) is 11.0 Å². The van der Waals surface area contributed by atoms with E-state index in [1.807, 2.05) is 0 Å². The zero-order valence-electron chi connectivity index (χ0n) is 15.9. The number of nitrogens with zero attached hydrogens (tertiary/aromatic N) is 5. The molecule has 0 radical (unpaired) electrons. The minimum absolute atomic E-state index is 0.0638. The van der Waals surface area contributed by atoms with Gasteiger partial charge in [0.2, 0.25) is 0 Å². The summed E-state index contributed by atoms with van der Waals surface area (Å²) in [5, 5.41) is 21.6. The van der Waals surface area contributed by atoms with Crippen LogP contribution in [0.5, 0.6) is 5.75 Å². The van der Waals surface area contributed by atoms with Crippen molar-refractivity contribution in [1.29, 1.82) is 0 Å².